The van der Waals surface area contributed by atoms with Gasteiger partial charge in [-0.3, -0.25) is 4.98 Å². The van der Waals surface area contributed by atoms with Crippen LogP contribution in [0.2, 0.25) is 0 Å². The van der Waals surface area contributed by atoms with E-state index in [1.807, 2.05) is 24.3 Å². The molecule has 0 radical (unpaired) electrons. The number of nitrogens with two attached hydrogens (primary N) is 1. The Hall–Kier alpha value is -1.45. The monoisotopic (exact) mass is 188 g/mol. The minimum Gasteiger partial charge on any atom is -0.387 e. The number of nitrogens with zero attached hydrogens (tertiary/aromatic N) is 1. The lowest BCUT2D eigenvalue weighted by atomic mass is 10.0. The van der Waals surface area contributed by atoms with E-state index in [2.05, 4.69) is 4.98 Å². The summed E-state index contributed by atoms with van der Waals surface area (Å²) in [6.07, 6.45) is 1.08. The van der Waals surface area contributed by atoms with Crippen LogP contribution in [0.25, 0.3) is 10.9 Å². The van der Waals surface area contributed by atoms with Crippen LogP contribution in [0.4, 0.5) is 0 Å². The molecule has 1 atom stereocenters. The number of para-hydroxylation sites is 1. The molecule has 0 saturated carbocycles. The van der Waals surface area contributed by atoms with Gasteiger partial charge in [-0.15, -0.1) is 0 Å². The van der Waals surface area contributed by atoms with Gasteiger partial charge in [0.2, 0.25) is 0 Å². The Balaban J connectivity index is 2.65. The number of aliphatic hydroxyl groups excluding tert-OH is 1. The maximum Gasteiger partial charge on any atom is 0.0919 e. The molecule has 72 valence electrons. The molecule has 1 aromatic carbocycles. The van der Waals surface area contributed by atoms with Crippen LogP contribution in [-0.2, 0) is 0 Å². The van der Waals surface area contributed by atoms with Crippen molar-refractivity contribution in [1.29, 1.82) is 0 Å². The number of aliphatic hydroxyl groups is 1. The standard InChI is InChI=1S/C11H12N2O/c12-7-11(14)9-5-6-13-10-4-2-1-3-8(9)10/h1-6,11,14H,7,12H2/t11-/m0/s1. The second kappa shape index (κ2) is 3.74. The van der Waals surface area contributed by atoms with Crippen molar-refractivity contribution in [2.24, 2.45) is 5.73 Å². The molecule has 0 aliphatic heterocycles. The van der Waals surface area contributed by atoms with E-state index in [4.69, 9.17) is 5.73 Å². The maximum absolute atomic E-state index is 9.67. The number of hydrogen-bond acceptors (Lipinski definition) is 3. The Morgan fingerprint density at radius 1 is 1.29 bits per heavy atom. The van der Waals surface area contributed by atoms with Crippen molar-refractivity contribution in [1.82, 2.24) is 4.98 Å². The lowest BCUT2D eigenvalue weighted by Gasteiger charge is -2.10. The lowest BCUT2D eigenvalue weighted by molar-refractivity contribution is 0.188. The van der Waals surface area contributed by atoms with Crippen LogP contribution in [0.3, 0.4) is 0 Å². The third kappa shape index (κ3) is 1.47. The largest absolute Gasteiger partial charge is 0.387 e. The molecule has 0 fully saturated rings. The first kappa shape index (κ1) is 9.12. The Bertz CT molecular complexity index is 437. The molecule has 2 rings (SSSR count). The van der Waals surface area contributed by atoms with Gasteiger partial charge in [0.1, 0.15) is 0 Å². The van der Waals surface area contributed by atoms with Gasteiger partial charge in [-0.1, -0.05) is 18.2 Å². The Kier molecular flexibility index (Phi) is 2.43. The van der Waals surface area contributed by atoms with Crippen LogP contribution in [0.1, 0.15) is 11.7 Å². The molecule has 0 aliphatic rings. The molecule has 0 aliphatic carbocycles. The van der Waals surface area contributed by atoms with Crippen LogP contribution < -0.4 is 5.73 Å². The Labute approximate surface area is 82.2 Å². The second-order valence-electron chi connectivity index (χ2n) is 3.17. The predicted molar refractivity (Wildman–Crippen MR) is 55.8 cm³/mol. The summed E-state index contributed by atoms with van der Waals surface area (Å²) in [6.45, 7) is 0.230. The van der Waals surface area contributed by atoms with Crippen molar-refractivity contribution in [3.05, 3.63) is 42.1 Å². The highest BCUT2D eigenvalue weighted by molar-refractivity contribution is 5.82. The van der Waals surface area contributed by atoms with Crippen LogP contribution in [0.15, 0.2) is 36.5 Å². The van der Waals surface area contributed by atoms with Gasteiger partial charge in [-0.2, -0.15) is 0 Å². The van der Waals surface area contributed by atoms with Gasteiger partial charge in [0, 0.05) is 18.1 Å². The van der Waals surface area contributed by atoms with Crippen molar-refractivity contribution in [3.63, 3.8) is 0 Å². The van der Waals surface area contributed by atoms with Gasteiger partial charge in [0.15, 0.2) is 0 Å². The fourth-order valence-corrected chi connectivity index (χ4v) is 1.54. The molecule has 2 aromatic rings. The quantitative estimate of drug-likeness (QED) is 0.745. The van der Waals surface area contributed by atoms with Crippen molar-refractivity contribution < 1.29 is 5.11 Å². The molecule has 0 bridgehead atoms. The average molecular weight is 188 g/mol. The summed E-state index contributed by atoms with van der Waals surface area (Å²) >= 11 is 0. The van der Waals surface area contributed by atoms with Crippen molar-refractivity contribution in [2.75, 3.05) is 6.54 Å². The fourth-order valence-electron chi connectivity index (χ4n) is 1.54. The number of aromatic nitrogens is 1. The average Bonchev–Trinajstić information content (AvgIpc) is 2.27. The Morgan fingerprint density at radius 2 is 2.07 bits per heavy atom. The van der Waals surface area contributed by atoms with E-state index in [1.54, 1.807) is 12.3 Å². The number of fused-ring (bicyclic) bond motifs is 1. The van der Waals surface area contributed by atoms with Gasteiger partial charge in [0.05, 0.1) is 11.6 Å². The molecule has 1 heterocycles. The summed E-state index contributed by atoms with van der Waals surface area (Å²) < 4.78 is 0. The van der Waals surface area contributed by atoms with E-state index >= 15 is 0 Å². The molecule has 3 nitrogen and oxygen atoms in total. The highest BCUT2D eigenvalue weighted by atomic mass is 16.3. The molecular formula is C11H12N2O. The molecule has 14 heavy (non-hydrogen) atoms. The summed E-state index contributed by atoms with van der Waals surface area (Å²) in [4.78, 5) is 4.21. The zero-order valence-electron chi connectivity index (χ0n) is 7.72. The summed E-state index contributed by atoms with van der Waals surface area (Å²) in [5, 5.41) is 10.6. The SMILES string of the molecule is NC[C@H](O)c1ccnc2ccccc12. The molecular weight excluding hydrogens is 176 g/mol. The highest BCUT2D eigenvalue weighted by Gasteiger charge is 2.08. The zero-order chi connectivity index (χ0) is 9.97. The van der Waals surface area contributed by atoms with E-state index < -0.39 is 6.10 Å². The molecule has 0 amide bonds. The molecule has 0 spiro atoms. The van der Waals surface area contributed by atoms with Crippen LogP contribution in [0, 0.1) is 0 Å². The Morgan fingerprint density at radius 3 is 2.86 bits per heavy atom. The molecule has 1 aromatic heterocycles. The molecule has 3 heteroatoms. The first-order chi connectivity index (χ1) is 6.83. The molecule has 0 saturated heterocycles. The molecule has 3 N–H and O–H groups in total. The van der Waals surface area contributed by atoms with Gasteiger partial charge in [-0.05, 0) is 17.7 Å². The van der Waals surface area contributed by atoms with Gasteiger partial charge < -0.3 is 10.8 Å². The minimum absolute atomic E-state index is 0.230. The normalized spacial score (nSPS) is 13.0. The van der Waals surface area contributed by atoms with E-state index in [9.17, 15) is 5.11 Å². The summed E-state index contributed by atoms with van der Waals surface area (Å²) in [5.74, 6) is 0. The summed E-state index contributed by atoms with van der Waals surface area (Å²) in [5.41, 5.74) is 7.16. The van der Waals surface area contributed by atoms with E-state index in [0.717, 1.165) is 16.5 Å². The second-order valence-corrected chi connectivity index (χ2v) is 3.17. The van der Waals surface area contributed by atoms with Crippen molar-refractivity contribution >= 4 is 10.9 Å². The van der Waals surface area contributed by atoms with E-state index in [0.29, 0.717) is 0 Å². The predicted octanol–water partition coefficient (Wildman–Crippen LogP) is 1.23. The smallest absolute Gasteiger partial charge is 0.0919 e. The third-order valence-electron chi connectivity index (χ3n) is 2.27. The number of benzene rings is 1. The van der Waals surface area contributed by atoms with Crippen LogP contribution >= 0.6 is 0 Å². The zero-order valence-corrected chi connectivity index (χ0v) is 7.72. The van der Waals surface area contributed by atoms with Crippen LogP contribution in [0.5, 0.6) is 0 Å². The molecule has 0 unspecified atom stereocenters. The lowest BCUT2D eigenvalue weighted by Crippen LogP contribution is -2.11. The summed E-state index contributed by atoms with van der Waals surface area (Å²) in [6, 6.07) is 9.52. The van der Waals surface area contributed by atoms with Crippen molar-refractivity contribution in [3.8, 4) is 0 Å². The maximum atomic E-state index is 9.67. The first-order valence-corrected chi connectivity index (χ1v) is 4.54. The first-order valence-electron chi connectivity index (χ1n) is 4.54. The van der Waals surface area contributed by atoms with Gasteiger partial charge >= 0.3 is 0 Å². The van der Waals surface area contributed by atoms with Gasteiger partial charge in [-0.25, -0.2) is 0 Å². The van der Waals surface area contributed by atoms with Crippen LogP contribution in [-0.4, -0.2) is 16.6 Å². The fraction of sp³-hybridized carbons (Fsp3) is 0.182. The highest BCUT2D eigenvalue weighted by Crippen LogP contribution is 2.21. The summed E-state index contributed by atoms with van der Waals surface area (Å²) in [7, 11) is 0. The number of pyridine rings is 1. The van der Waals surface area contributed by atoms with Crippen molar-refractivity contribution in [2.45, 2.75) is 6.10 Å². The van der Waals surface area contributed by atoms with E-state index in [-0.39, 0.29) is 6.54 Å². The van der Waals surface area contributed by atoms with E-state index in [1.165, 1.54) is 0 Å². The van der Waals surface area contributed by atoms with Gasteiger partial charge in [0.25, 0.3) is 0 Å². The number of rotatable bonds is 2. The minimum atomic E-state index is -0.608. The topological polar surface area (TPSA) is 59.1 Å². The number of hydrogen-bond donors (Lipinski definition) is 2. The third-order valence-corrected chi connectivity index (χ3v) is 2.27.